The molecule has 1 atom stereocenters. The highest BCUT2D eigenvalue weighted by Crippen LogP contribution is 2.42. The maximum absolute atomic E-state index is 16.4. The van der Waals surface area contributed by atoms with Gasteiger partial charge in [-0.15, -0.1) is 10.2 Å². The summed E-state index contributed by atoms with van der Waals surface area (Å²) in [5, 5.41) is 7.51. The highest BCUT2D eigenvalue weighted by molar-refractivity contribution is 7.93. The number of nitrogens with zero attached hydrogens (tertiary/aromatic N) is 6. The number of carbonyl (C=O) groups is 1. The smallest absolute Gasteiger partial charge is 0.416 e. The molecule has 1 unspecified atom stereocenters. The molecule has 0 bridgehead atoms. The second-order valence-electron chi connectivity index (χ2n) is 16.4. The zero-order valence-corrected chi connectivity index (χ0v) is 38.5. The van der Waals surface area contributed by atoms with Gasteiger partial charge in [-0.05, 0) is 86.8 Å². The van der Waals surface area contributed by atoms with E-state index in [1.54, 1.807) is 81.5 Å². The summed E-state index contributed by atoms with van der Waals surface area (Å²) in [6, 6.07) is 14.9. The van der Waals surface area contributed by atoms with Crippen molar-refractivity contribution in [3.63, 3.8) is 0 Å². The molecule has 0 spiro atoms. The number of aromatic nitrogens is 3. The lowest BCUT2D eigenvalue weighted by molar-refractivity contribution is -0.137. The van der Waals surface area contributed by atoms with Crippen molar-refractivity contribution in [1.82, 2.24) is 20.1 Å². The molecule has 65 heavy (non-hydrogen) atoms. The molecule has 1 aliphatic heterocycles. The van der Waals surface area contributed by atoms with E-state index in [9.17, 15) is 26.4 Å². The van der Waals surface area contributed by atoms with Gasteiger partial charge in [-0.25, -0.2) is 26.9 Å². The Morgan fingerprint density at radius 1 is 0.938 bits per heavy atom. The van der Waals surface area contributed by atoms with Gasteiger partial charge in [0.05, 0.1) is 29.8 Å². The first kappa shape index (κ1) is 47.2. The van der Waals surface area contributed by atoms with Crippen molar-refractivity contribution in [2.24, 2.45) is 0 Å². The van der Waals surface area contributed by atoms with Crippen LogP contribution in [0.3, 0.4) is 0 Å². The third kappa shape index (κ3) is 10.7. The summed E-state index contributed by atoms with van der Waals surface area (Å²) in [4.78, 5) is 20.2. The molecule has 1 amide bonds. The summed E-state index contributed by atoms with van der Waals surface area (Å²) in [7, 11) is -1.69. The lowest BCUT2D eigenvalue weighted by atomic mass is 9.92. The van der Waals surface area contributed by atoms with Crippen molar-refractivity contribution in [2.45, 2.75) is 56.4 Å². The van der Waals surface area contributed by atoms with Crippen molar-refractivity contribution in [3.8, 4) is 33.8 Å². The first-order valence-electron chi connectivity index (χ1n) is 20.2. The molecule has 1 saturated heterocycles. The number of piperazine rings is 1. The van der Waals surface area contributed by atoms with Crippen LogP contribution in [0.2, 0.25) is 5.02 Å². The van der Waals surface area contributed by atoms with Crippen LogP contribution < -0.4 is 13.9 Å². The van der Waals surface area contributed by atoms with E-state index in [1.807, 2.05) is 11.8 Å². The quantitative estimate of drug-likeness (QED) is 0.111. The molecule has 13 nitrogen and oxygen atoms in total. The lowest BCUT2D eigenvalue weighted by Gasteiger charge is -2.36. The van der Waals surface area contributed by atoms with Gasteiger partial charge in [-0.3, -0.25) is 0 Å². The Hall–Kier alpha value is -5.76. The Bertz CT molecular complexity index is 2720. The van der Waals surface area contributed by atoms with Gasteiger partial charge < -0.3 is 28.7 Å². The minimum absolute atomic E-state index is 0.0308. The van der Waals surface area contributed by atoms with Crippen LogP contribution in [-0.4, -0.2) is 92.7 Å². The number of hydrogen-bond donors (Lipinski definition) is 0. The number of amides is 1. The predicted molar refractivity (Wildman–Crippen MR) is 239 cm³/mol. The van der Waals surface area contributed by atoms with Crippen LogP contribution in [0.1, 0.15) is 39.7 Å². The van der Waals surface area contributed by atoms with Crippen LogP contribution in [-0.2, 0) is 30.4 Å². The maximum Gasteiger partial charge on any atom is 0.416 e. The van der Waals surface area contributed by atoms with Crippen molar-refractivity contribution >= 4 is 50.0 Å². The van der Waals surface area contributed by atoms with Gasteiger partial charge in [-0.2, -0.15) is 13.2 Å². The van der Waals surface area contributed by atoms with Crippen molar-refractivity contribution in [1.29, 1.82) is 0 Å². The number of rotatable bonds is 12. The maximum atomic E-state index is 16.4. The van der Waals surface area contributed by atoms with E-state index < -0.39 is 49.8 Å². The van der Waals surface area contributed by atoms with Crippen molar-refractivity contribution in [2.75, 3.05) is 56.1 Å². The molecule has 2 aromatic heterocycles. The summed E-state index contributed by atoms with van der Waals surface area (Å²) < 4.78 is 110. The van der Waals surface area contributed by atoms with E-state index in [-0.39, 0.29) is 28.2 Å². The molecule has 1 aliphatic carbocycles. The number of ether oxygens (including phenoxy) is 4. The zero-order valence-electron chi connectivity index (χ0n) is 36.2. The largest absolute Gasteiger partial charge is 0.501 e. The fourth-order valence-corrected chi connectivity index (χ4v) is 9.65. The van der Waals surface area contributed by atoms with Gasteiger partial charge in [0, 0.05) is 63.1 Å². The summed E-state index contributed by atoms with van der Waals surface area (Å²) in [5.74, 6) is -0.205. The Labute approximate surface area is 382 Å². The Balaban J connectivity index is 1.22. The standard InChI is InChI=1S/C45H45ClF4N6O7S2/c1-43(2,3)63-42(57)55-19-17-54(18-20-55)40-22-30(14-16-51-40)33-21-29(28-7-10-32(11-8-28)45(48,49)50)9-12-36(33)62-37-24-35(47)39(23-34(37)46)65(58,59)56(41-53-52-27-64-41)26-31-13-15-44(4,61-6)25-38(31)60-5/h7-16,21-24,27H,17-20,25-26H2,1-6H3. The second-order valence-corrected chi connectivity index (χ2v) is 19.4. The number of pyridine rings is 1. The first-order chi connectivity index (χ1) is 30.7. The van der Waals surface area contributed by atoms with E-state index in [0.717, 1.165) is 39.9 Å². The van der Waals surface area contributed by atoms with E-state index in [2.05, 4.69) is 15.2 Å². The molecule has 20 heteroatoms. The molecule has 0 saturated carbocycles. The molecule has 0 N–H and O–H groups in total. The monoisotopic (exact) mass is 956 g/mol. The summed E-state index contributed by atoms with van der Waals surface area (Å²) in [6.07, 6.45) is 0.419. The van der Waals surface area contributed by atoms with E-state index in [4.69, 9.17) is 30.5 Å². The number of alkyl halides is 3. The Morgan fingerprint density at radius 2 is 1.65 bits per heavy atom. The normalized spacial score (nSPS) is 17.0. The molecule has 7 rings (SSSR count). The number of benzene rings is 3. The number of halogens is 5. The van der Waals surface area contributed by atoms with Gasteiger partial charge in [-0.1, -0.05) is 53.3 Å². The van der Waals surface area contributed by atoms with Gasteiger partial charge >= 0.3 is 12.3 Å². The van der Waals surface area contributed by atoms with Crippen molar-refractivity contribution < 1.29 is 49.7 Å². The van der Waals surface area contributed by atoms with E-state index in [0.29, 0.717) is 72.0 Å². The van der Waals surface area contributed by atoms with Crippen molar-refractivity contribution in [3.05, 3.63) is 118 Å². The molecule has 5 aromatic rings. The van der Waals surface area contributed by atoms with Gasteiger partial charge in [0.25, 0.3) is 10.0 Å². The van der Waals surface area contributed by atoms with Gasteiger partial charge in [0.15, 0.2) is 0 Å². The highest BCUT2D eigenvalue weighted by Gasteiger charge is 2.36. The van der Waals surface area contributed by atoms with Crippen LogP contribution in [0, 0.1) is 5.82 Å². The SMILES string of the molecule is COC1=C(CN(c2nncs2)S(=O)(=O)c2cc(Cl)c(Oc3ccc(-c4ccc(C(F)(F)F)cc4)cc3-c3ccnc(N4CCN(C(=O)OC(C)(C)C)CC4)c3)cc2F)C=CC(C)(OC)C1. The number of methoxy groups -OCH3 is 2. The van der Waals surface area contributed by atoms with Crippen LogP contribution in [0.15, 0.2) is 107 Å². The summed E-state index contributed by atoms with van der Waals surface area (Å²) >= 11 is 7.68. The number of carbonyl (C=O) groups excluding carboxylic acids is 1. The molecule has 1 fully saturated rings. The fourth-order valence-electron chi connectivity index (χ4n) is 7.13. The third-order valence-electron chi connectivity index (χ3n) is 10.7. The average molecular weight is 957 g/mol. The summed E-state index contributed by atoms with van der Waals surface area (Å²) in [5.41, 5.74) is 1.70. The lowest BCUT2D eigenvalue weighted by Crippen LogP contribution is -2.50. The van der Waals surface area contributed by atoms with Gasteiger partial charge in [0.1, 0.15) is 44.9 Å². The van der Waals surface area contributed by atoms with E-state index in [1.165, 1.54) is 24.8 Å². The Morgan fingerprint density at radius 3 is 2.28 bits per heavy atom. The molecular formula is C45H45ClF4N6O7S2. The molecule has 344 valence electrons. The number of hydrogen-bond acceptors (Lipinski definition) is 12. The van der Waals surface area contributed by atoms with Gasteiger partial charge in [0.2, 0.25) is 5.13 Å². The molecule has 0 radical (unpaired) electrons. The molecule has 3 heterocycles. The minimum Gasteiger partial charge on any atom is -0.501 e. The van der Waals surface area contributed by atoms with Crippen LogP contribution in [0.5, 0.6) is 11.5 Å². The Kier molecular flexibility index (Phi) is 13.5. The fraction of sp³-hybridized carbons (Fsp3) is 0.333. The molecule has 3 aromatic carbocycles. The van der Waals surface area contributed by atoms with Crippen LogP contribution in [0.4, 0.5) is 33.3 Å². The van der Waals surface area contributed by atoms with E-state index >= 15 is 4.39 Å². The predicted octanol–water partition coefficient (Wildman–Crippen LogP) is 10.4. The number of anilines is 2. The third-order valence-corrected chi connectivity index (χ3v) is 13.6. The summed E-state index contributed by atoms with van der Waals surface area (Å²) in [6.45, 7) is 8.61. The average Bonchev–Trinajstić information content (AvgIpc) is 3.81. The number of sulfonamides is 1. The van der Waals surface area contributed by atoms with Crippen LogP contribution >= 0.6 is 22.9 Å². The molecule has 2 aliphatic rings. The molecular weight excluding hydrogens is 912 g/mol. The second kappa shape index (κ2) is 18.6. The zero-order chi connectivity index (χ0) is 46.9. The topological polar surface area (TPSA) is 137 Å². The highest BCUT2D eigenvalue weighted by atomic mass is 35.5. The minimum atomic E-state index is -4.70. The van der Waals surface area contributed by atoms with Crippen LogP contribution in [0.25, 0.3) is 22.3 Å². The first-order valence-corrected chi connectivity index (χ1v) is 22.8.